The van der Waals surface area contributed by atoms with Gasteiger partial charge in [-0.05, 0) is 11.5 Å². The Morgan fingerprint density at radius 2 is 2.23 bits per heavy atom. The summed E-state index contributed by atoms with van der Waals surface area (Å²) in [6.45, 7) is 6.36. The quantitative estimate of drug-likeness (QED) is 0.616. The van der Waals surface area contributed by atoms with Crippen LogP contribution in [0, 0.1) is 0 Å². The molecule has 2 aromatic heterocycles. The number of furan rings is 1. The predicted molar refractivity (Wildman–Crippen MR) is 52.7 cm³/mol. The largest absolute Gasteiger partial charge is 0.462 e. The maximum atomic E-state index is 7.59. The van der Waals surface area contributed by atoms with Gasteiger partial charge in [0.2, 0.25) is 0 Å². The molecular formula is C11H13NO. The highest BCUT2D eigenvalue weighted by Gasteiger charge is 2.18. The van der Waals surface area contributed by atoms with Gasteiger partial charge in [-0.1, -0.05) is 20.8 Å². The molecule has 2 rings (SSSR count). The van der Waals surface area contributed by atoms with Crippen molar-refractivity contribution in [3.05, 3.63) is 30.1 Å². The van der Waals surface area contributed by atoms with Crippen molar-refractivity contribution in [2.24, 2.45) is 0 Å². The smallest absolute Gasteiger partial charge is 0.155 e. The topological polar surface area (TPSA) is 26.0 Å². The van der Waals surface area contributed by atoms with Gasteiger partial charge >= 0.3 is 0 Å². The average Bonchev–Trinajstić information content (AvgIpc) is 2.46. The lowest BCUT2D eigenvalue weighted by atomic mass is 9.87. The van der Waals surface area contributed by atoms with Crippen LogP contribution in [0.1, 0.15) is 27.7 Å². The molecule has 0 aromatic carbocycles. The minimum atomic E-state index is 0.0193. The van der Waals surface area contributed by atoms with Gasteiger partial charge in [0.05, 0.1) is 7.63 Å². The van der Waals surface area contributed by atoms with E-state index in [2.05, 4.69) is 25.8 Å². The maximum Gasteiger partial charge on any atom is 0.155 e. The fourth-order valence-corrected chi connectivity index (χ4v) is 1.41. The number of fused-ring (bicyclic) bond motifs is 1. The highest BCUT2D eigenvalue weighted by molar-refractivity contribution is 5.76. The molecule has 0 fully saturated rings. The third kappa shape index (κ3) is 1.32. The molecule has 0 saturated carbocycles. The lowest BCUT2D eigenvalue weighted by Crippen LogP contribution is -2.11. The van der Waals surface area contributed by atoms with E-state index >= 15 is 0 Å². The lowest BCUT2D eigenvalue weighted by Gasteiger charge is -2.18. The monoisotopic (exact) mass is 176 g/mol. The van der Waals surface area contributed by atoms with E-state index in [1.165, 1.54) is 6.26 Å². The van der Waals surface area contributed by atoms with E-state index in [0.717, 1.165) is 11.1 Å². The first-order chi connectivity index (χ1) is 6.50. The number of aromatic nitrogens is 1. The van der Waals surface area contributed by atoms with Gasteiger partial charge in [-0.25, -0.2) is 0 Å². The Hall–Kier alpha value is -1.31. The summed E-state index contributed by atoms with van der Waals surface area (Å²) in [6, 6.07) is 2.30. The van der Waals surface area contributed by atoms with Gasteiger partial charge in [0, 0.05) is 17.8 Å². The Kier molecular flexibility index (Phi) is 1.42. The number of rotatable bonds is 0. The fourth-order valence-electron chi connectivity index (χ4n) is 1.41. The first-order valence-electron chi connectivity index (χ1n) is 4.83. The third-order valence-corrected chi connectivity index (χ3v) is 2.08. The molecule has 0 bridgehead atoms. The summed E-state index contributed by atoms with van der Waals surface area (Å²) in [6.07, 6.45) is 3.17. The summed E-state index contributed by atoms with van der Waals surface area (Å²) >= 11 is 0. The molecular weight excluding hydrogens is 162 g/mol. The molecule has 0 aliphatic rings. The number of hydrogen-bond acceptors (Lipinski definition) is 2. The minimum absolute atomic E-state index is 0.0193. The molecule has 0 saturated heterocycles. The zero-order valence-corrected chi connectivity index (χ0v) is 8.09. The number of pyridine rings is 1. The van der Waals surface area contributed by atoms with E-state index in [-0.39, 0.29) is 5.41 Å². The molecule has 68 valence electrons. The predicted octanol–water partition coefficient (Wildman–Crippen LogP) is 3.13. The summed E-state index contributed by atoms with van der Waals surface area (Å²) < 4.78 is 12.9. The van der Waals surface area contributed by atoms with Crippen LogP contribution >= 0.6 is 0 Å². The third-order valence-electron chi connectivity index (χ3n) is 2.08. The standard InChI is InChI=1S/C11H13NO/c1-11(2,3)8-4-6-12-9-5-7-13-10(8)9/h4-7H,1-3H3/i5D. The highest BCUT2D eigenvalue weighted by Crippen LogP contribution is 2.28. The van der Waals surface area contributed by atoms with Crippen LogP contribution in [0.5, 0.6) is 0 Å². The fraction of sp³-hybridized carbons (Fsp3) is 0.364. The molecule has 0 atom stereocenters. The molecule has 0 spiro atoms. The zero-order valence-electron chi connectivity index (χ0n) is 9.09. The van der Waals surface area contributed by atoms with Crippen molar-refractivity contribution >= 4 is 11.1 Å². The molecule has 2 aromatic rings. The van der Waals surface area contributed by atoms with Crippen LogP contribution in [0.25, 0.3) is 11.1 Å². The van der Waals surface area contributed by atoms with Gasteiger partial charge in [0.15, 0.2) is 5.58 Å². The molecule has 2 nitrogen and oxygen atoms in total. The van der Waals surface area contributed by atoms with Crippen LogP contribution in [0.3, 0.4) is 0 Å². The van der Waals surface area contributed by atoms with Gasteiger partial charge in [-0.15, -0.1) is 0 Å². The van der Waals surface area contributed by atoms with Gasteiger partial charge in [-0.2, -0.15) is 0 Å². The first-order valence-corrected chi connectivity index (χ1v) is 4.33. The Labute approximate surface area is 79.0 Å². The lowest BCUT2D eigenvalue weighted by molar-refractivity contribution is 0.558. The van der Waals surface area contributed by atoms with Gasteiger partial charge in [-0.3, -0.25) is 4.98 Å². The van der Waals surface area contributed by atoms with E-state index in [4.69, 9.17) is 5.79 Å². The van der Waals surface area contributed by atoms with Crippen LogP contribution in [0.15, 0.2) is 29.0 Å². The molecule has 2 heterocycles. The summed E-state index contributed by atoms with van der Waals surface area (Å²) in [5.41, 5.74) is 2.51. The average molecular weight is 176 g/mol. The second-order valence-corrected chi connectivity index (χ2v) is 4.17. The molecule has 0 N–H and O–H groups in total. The van der Waals surface area contributed by atoms with E-state index in [1.54, 1.807) is 6.20 Å². The zero-order chi connectivity index (χ0) is 10.3. The van der Waals surface area contributed by atoms with Crippen LogP contribution < -0.4 is 0 Å². The second-order valence-electron chi connectivity index (χ2n) is 4.17. The van der Waals surface area contributed by atoms with Crippen molar-refractivity contribution in [1.82, 2.24) is 4.98 Å². The Morgan fingerprint density at radius 3 is 2.92 bits per heavy atom. The summed E-state index contributed by atoms with van der Waals surface area (Å²) in [4.78, 5) is 4.13. The van der Waals surface area contributed by atoms with Gasteiger partial charge in [0.25, 0.3) is 0 Å². The van der Waals surface area contributed by atoms with Crippen molar-refractivity contribution in [2.45, 2.75) is 26.2 Å². The molecule has 2 heteroatoms. The molecule has 0 radical (unpaired) electrons. The van der Waals surface area contributed by atoms with E-state index in [0.29, 0.717) is 11.6 Å². The first kappa shape index (κ1) is 7.13. The van der Waals surface area contributed by atoms with Gasteiger partial charge in [0.1, 0.15) is 5.52 Å². The SMILES string of the molecule is [2H]c1coc2c(C(C)(C)C)ccnc12. The van der Waals surface area contributed by atoms with Gasteiger partial charge < -0.3 is 4.42 Å². The normalized spacial score (nSPS) is 13.3. The maximum absolute atomic E-state index is 7.59. The highest BCUT2D eigenvalue weighted by atomic mass is 16.3. The van der Waals surface area contributed by atoms with E-state index < -0.39 is 0 Å². The van der Waals surface area contributed by atoms with Crippen LogP contribution in [0.4, 0.5) is 0 Å². The number of hydrogen-bond donors (Lipinski definition) is 0. The van der Waals surface area contributed by atoms with Crippen LogP contribution in [-0.2, 0) is 5.41 Å². The Balaban J connectivity index is 2.79. The van der Waals surface area contributed by atoms with E-state index in [9.17, 15) is 0 Å². The summed E-state index contributed by atoms with van der Waals surface area (Å²) in [7, 11) is 0. The van der Waals surface area contributed by atoms with Crippen LogP contribution in [0.2, 0.25) is 0 Å². The molecule has 0 aliphatic heterocycles. The van der Waals surface area contributed by atoms with Crippen LogP contribution in [-0.4, -0.2) is 4.98 Å². The summed E-state index contributed by atoms with van der Waals surface area (Å²) in [5, 5.41) is 0. The van der Waals surface area contributed by atoms with Crippen molar-refractivity contribution in [3.63, 3.8) is 0 Å². The van der Waals surface area contributed by atoms with Crippen molar-refractivity contribution in [3.8, 4) is 0 Å². The number of nitrogens with zero attached hydrogens (tertiary/aromatic N) is 1. The minimum Gasteiger partial charge on any atom is -0.462 e. The van der Waals surface area contributed by atoms with Crippen molar-refractivity contribution < 1.29 is 5.79 Å². The van der Waals surface area contributed by atoms with Crippen molar-refractivity contribution in [1.29, 1.82) is 0 Å². The molecule has 0 aliphatic carbocycles. The van der Waals surface area contributed by atoms with Crippen molar-refractivity contribution in [2.75, 3.05) is 0 Å². The van der Waals surface area contributed by atoms with E-state index in [1.807, 2.05) is 6.07 Å². The summed E-state index contributed by atoms with van der Waals surface area (Å²) in [5.74, 6) is 0. The molecule has 13 heavy (non-hydrogen) atoms. The second kappa shape index (κ2) is 2.59. The molecule has 0 unspecified atom stereocenters. The Morgan fingerprint density at radius 1 is 1.46 bits per heavy atom. The molecule has 0 amide bonds. The Bertz CT molecular complexity index is 468.